The van der Waals surface area contributed by atoms with Crippen LogP contribution in [0.3, 0.4) is 0 Å². The number of hydrogen-bond donors (Lipinski definition) is 1. The maximum absolute atomic E-state index is 13.4. The van der Waals surface area contributed by atoms with Crippen molar-refractivity contribution >= 4 is 33.4 Å². The molecular weight excluding hydrogens is 454 g/mol. The van der Waals surface area contributed by atoms with E-state index in [2.05, 4.69) is 0 Å². The molecule has 1 aliphatic rings. The second kappa shape index (κ2) is 8.74. The zero-order valence-electron chi connectivity index (χ0n) is 16.6. The Morgan fingerprint density at radius 3 is 2.06 bits per heavy atom. The molecule has 1 heterocycles. The Labute approximate surface area is 189 Å². The van der Waals surface area contributed by atoms with E-state index in [0.717, 1.165) is 15.4 Å². The first-order valence-electron chi connectivity index (χ1n) is 9.65. The van der Waals surface area contributed by atoms with Gasteiger partial charge in [0.2, 0.25) is 10.0 Å². The van der Waals surface area contributed by atoms with Crippen LogP contribution in [0.25, 0.3) is 0 Å². The van der Waals surface area contributed by atoms with Crippen LogP contribution in [0.5, 0.6) is 11.5 Å². The number of carbonyl (C=O) groups is 2. The van der Waals surface area contributed by atoms with Gasteiger partial charge in [-0.15, -0.1) is 0 Å². The van der Waals surface area contributed by atoms with Crippen molar-refractivity contribution in [3.05, 3.63) is 88.9 Å². The zero-order valence-corrected chi connectivity index (χ0v) is 18.2. The minimum absolute atomic E-state index is 0.00169. The standard InChI is InChI=1S/C23H18ClNO6S/c24-17-5-7-18(8-6-17)31-19-9-11-20(12-10-19)32(29,30)25-14-16-4-2-1-3-15(16)13-21(25)22(26)23(27)28/h1-12,21H,13-14H2,(H,27,28)/t21-/m1/s1. The summed E-state index contributed by atoms with van der Waals surface area (Å²) >= 11 is 5.86. The van der Waals surface area contributed by atoms with Crippen molar-refractivity contribution in [1.29, 1.82) is 0 Å². The normalized spacial score (nSPS) is 16.2. The van der Waals surface area contributed by atoms with E-state index < -0.39 is 27.8 Å². The van der Waals surface area contributed by atoms with Crippen LogP contribution in [0.4, 0.5) is 0 Å². The average Bonchev–Trinajstić information content (AvgIpc) is 2.79. The molecule has 3 aromatic carbocycles. The van der Waals surface area contributed by atoms with Crippen molar-refractivity contribution in [2.24, 2.45) is 0 Å². The molecule has 7 nitrogen and oxygen atoms in total. The molecule has 0 bridgehead atoms. The molecule has 164 valence electrons. The first-order valence-corrected chi connectivity index (χ1v) is 11.5. The Bertz CT molecular complexity index is 1270. The summed E-state index contributed by atoms with van der Waals surface area (Å²) in [5.74, 6) is -1.88. The SMILES string of the molecule is O=C(O)C(=O)[C@H]1Cc2ccccc2CN1S(=O)(=O)c1ccc(Oc2ccc(Cl)cc2)cc1. The molecule has 4 rings (SSSR count). The highest BCUT2D eigenvalue weighted by Gasteiger charge is 2.41. The lowest BCUT2D eigenvalue weighted by Gasteiger charge is -2.34. The Morgan fingerprint density at radius 1 is 0.906 bits per heavy atom. The highest BCUT2D eigenvalue weighted by molar-refractivity contribution is 7.89. The number of benzene rings is 3. The van der Waals surface area contributed by atoms with Crippen molar-refractivity contribution < 1.29 is 27.9 Å². The Kier molecular flexibility index (Phi) is 6.01. The predicted octanol–water partition coefficient (Wildman–Crippen LogP) is 3.90. The van der Waals surface area contributed by atoms with Crippen molar-refractivity contribution in [2.75, 3.05) is 0 Å². The molecule has 0 unspecified atom stereocenters. The second-order valence-electron chi connectivity index (χ2n) is 7.24. The third-order valence-electron chi connectivity index (χ3n) is 5.20. The molecule has 0 aromatic heterocycles. The van der Waals surface area contributed by atoms with Gasteiger partial charge in [0.1, 0.15) is 11.5 Å². The number of aliphatic carboxylic acids is 1. The Hall–Kier alpha value is -3.20. The molecule has 1 N–H and O–H groups in total. The summed E-state index contributed by atoms with van der Waals surface area (Å²) in [5.41, 5.74) is 1.48. The van der Waals surface area contributed by atoms with Crippen LogP contribution >= 0.6 is 11.6 Å². The first-order chi connectivity index (χ1) is 15.3. The van der Waals surface area contributed by atoms with E-state index >= 15 is 0 Å². The smallest absolute Gasteiger partial charge is 0.373 e. The monoisotopic (exact) mass is 471 g/mol. The van der Waals surface area contributed by atoms with Crippen LogP contribution in [0.1, 0.15) is 11.1 Å². The number of fused-ring (bicyclic) bond motifs is 1. The number of nitrogens with zero attached hydrogens (tertiary/aromatic N) is 1. The summed E-state index contributed by atoms with van der Waals surface area (Å²) in [6.45, 7) is -0.0920. The summed E-state index contributed by atoms with van der Waals surface area (Å²) in [5, 5.41) is 9.80. The number of hydrogen-bond acceptors (Lipinski definition) is 5. The maximum atomic E-state index is 13.4. The van der Waals surface area contributed by atoms with Crippen LogP contribution < -0.4 is 4.74 Å². The van der Waals surface area contributed by atoms with Crippen molar-refractivity contribution in [3.63, 3.8) is 0 Å². The van der Waals surface area contributed by atoms with Crippen LogP contribution in [0, 0.1) is 0 Å². The van der Waals surface area contributed by atoms with Crippen LogP contribution in [-0.2, 0) is 32.6 Å². The van der Waals surface area contributed by atoms with E-state index in [1.54, 1.807) is 48.5 Å². The van der Waals surface area contributed by atoms with Gasteiger partial charge in [-0.25, -0.2) is 13.2 Å². The van der Waals surface area contributed by atoms with E-state index in [1.807, 2.05) is 0 Å². The predicted molar refractivity (Wildman–Crippen MR) is 117 cm³/mol. The second-order valence-corrected chi connectivity index (χ2v) is 9.56. The van der Waals surface area contributed by atoms with Crippen LogP contribution in [-0.4, -0.2) is 35.6 Å². The summed E-state index contributed by atoms with van der Waals surface area (Å²) in [6.07, 6.45) is -0.00169. The first kappa shape index (κ1) is 22.0. The van der Waals surface area contributed by atoms with E-state index in [1.165, 1.54) is 24.3 Å². The highest BCUT2D eigenvalue weighted by Crippen LogP contribution is 2.31. The lowest BCUT2D eigenvalue weighted by Crippen LogP contribution is -2.50. The molecule has 0 amide bonds. The number of halogens is 1. The average molecular weight is 472 g/mol. The molecule has 1 aliphatic heterocycles. The van der Waals surface area contributed by atoms with Gasteiger partial charge >= 0.3 is 5.97 Å². The molecule has 0 fully saturated rings. The molecule has 0 saturated heterocycles. The third kappa shape index (κ3) is 4.38. The van der Waals surface area contributed by atoms with Gasteiger partial charge in [-0.05, 0) is 66.1 Å². The molecule has 32 heavy (non-hydrogen) atoms. The summed E-state index contributed by atoms with van der Waals surface area (Å²) in [4.78, 5) is 23.6. The largest absolute Gasteiger partial charge is 0.475 e. The molecule has 0 radical (unpaired) electrons. The summed E-state index contributed by atoms with van der Waals surface area (Å²) in [6, 6.07) is 18.2. The van der Waals surface area contributed by atoms with Gasteiger partial charge in [-0.3, -0.25) is 4.79 Å². The molecule has 0 saturated carbocycles. The van der Waals surface area contributed by atoms with Gasteiger partial charge in [0, 0.05) is 11.6 Å². The molecule has 3 aromatic rings. The van der Waals surface area contributed by atoms with E-state index in [4.69, 9.17) is 16.3 Å². The number of carboxylic acid groups (broad SMARTS) is 1. The number of rotatable bonds is 6. The summed E-state index contributed by atoms with van der Waals surface area (Å²) in [7, 11) is -4.15. The summed E-state index contributed by atoms with van der Waals surface area (Å²) < 4.78 is 33.4. The number of ether oxygens (including phenoxy) is 1. The van der Waals surface area contributed by atoms with Gasteiger partial charge in [0.15, 0.2) is 0 Å². The molecular formula is C23H18ClNO6S. The number of ketones is 1. The number of carboxylic acids is 1. The van der Waals surface area contributed by atoms with Crippen molar-refractivity contribution in [2.45, 2.75) is 23.9 Å². The van der Waals surface area contributed by atoms with Gasteiger partial charge in [0.25, 0.3) is 5.78 Å². The zero-order chi connectivity index (χ0) is 22.9. The third-order valence-corrected chi connectivity index (χ3v) is 7.32. The lowest BCUT2D eigenvalue weighted by molar-refractivity contribution is -0.151. The molecule has 1 atom stereocenters. The number of Topliss-reactive ketones (excluding diaryl/α,β-unsaturated/α-hetero) is 1. The van der Waals surface area contributed by atoms with E-state index in [0.29, 0.717) is 16.5 Å². The fourth-order valence-corrected chi connectivity index (χ4v) is 5.26. The fourth-order valence-electron chi connectivity index (χ4n) is 3.57. The van der Waals surface area contributed by atoms with Gasteiger partial charge in [-0.1, -0.05) is 35.9 Å². The van der Waals surface area contributed by atoms with Crippen LogP contribution in [0.2, 0.25) is 5.02 Å². The Balaban J connectivity index is 1.63. The minimum Gasteiger partial charge on any atom is -0.475 e. The minimum atomic E-state index is -4.15. The molecule has 0 spiro atoms. The highest BCUT2D eigenvalue weighted by atomic mass is 35.5. The van der Waals surface area contributed by atoms with E-state index in [9.17, 15) is 23.1 Å². The number of carbonyl (C=O) groups excluding carboxylic acids is 1. The number of sulfonamides is 1. The van der Waals surface area contributed by atoms with Crippen molar-refractivity contribution in [3.8, 4) is 11.5 Å². The van der Waals surface area contributed by atoms with Gasteiger partial charge < -0.3 is 9.84 Å². The maximum Gasteiger partial charge on any atom is 0.373 e. The quantitative estimate of drug-likeness (QED) is 0.547. The Morgan fingerprint density at radius 2 is 1.47 bits per heavy atom. The van der Waals surface area contributed by atoms with Crippen molar-refractivity contribution in [1.82, 2.24) is 4.31 Å². The lowest BCUT2D eigenvalue weighted by atomic mass is 9.94. The van der Waals surface area contributed by atoms with Crippen LogP contribution in [0.15, 0.2) is 77.7 Å². The topological polar surface area (TPSA) is 101 Å². The molecule has 0 aliphatic carbocycles. The molecule has 9 heteroatoms. The van der Waals surface area contributed by atoms with Gasteiger partial charge in [0.05, 0.1) is 10.9 Å². The van der Waals surface area contributed by atoms with E-state index in [-0.39, 0.29) is 17.9 Å². The fraction of sp³-hybridized carbons (Fsp3) is 0.130. The van der Waals surface area contributed by atoms with Gasteiger partial charge in [-0.2, -0.15) is 4.31 Å².